The van der Waals surface area contributed by atoms with E-state index in [-0.39, 0.29) is 11.6 Å². The predicted octanol–water partition coefficient (Wildman–Crippen LogP) is 4.53. The number of carbonyl (C=O) groups excluding carboxylic acids is 2. The fourth-order valence-electron chi connectivity index (χ4n) is 2.14. The smallest absolute Gasteiger partial charge is 0.268 e. The van der Waals surface area contributed by atoms with Gasteiger partial charge in [0.2, 0.25) is 0 Å². The summed E-state index contributed by atoms with van der Waals surface area (Å²) in [7, 11) is 0. The lowest BCUT2D eigenvalue weighted by Crippen LogP contribution is -2.26. The zero-order valence-electron chi connectivity index (χ0n) is 12.6. The van der Waals surface area contributed by atoms with Crippen molar-refractivity contribution in [2.45, 2.75) is 0 Å². The zero-order chi connectivity index (χ0) is 18.0. The van der Waals surface area contributed by atoms with Crippen LogP contribution >= 0.6 is 34.5 Å². The van der Waals surface area contributed by atoms with E-state index in [1.54, 1.807) is 48.5 Å². The number of carbonyl (C=O) groups is 2. The monoisotopic (exact) mass is 391 g/mol. The Morgan fingerprint density at radius 3 is 2.32 bits per heavy atom. The molecule has 0 radical (unpaired) electrons. The fraction of sp³-hybridized carbons (Fsp3) is 0. The number of thiazole rings is 1. The molecule has 25 heavy (non-hydrogen) atoms. The van der Waals surface area contributed by atoms with Gasteiger partial charge in [0, 0.05) is 10.4 Å². The van der Waals surface area contributed by atoms with Crippen LogP contribution in [0.5, 0.6) is 0 Å². The average molecular weight is 392 g/mol. The molecule has 0 aliphatic rings. The van der Waals surface area contributed by atoms with Gasteiger partial charge in [0.25, 0.3) is 11.8 Å². The molecule has 0 saturated carbocycles. The van der Waals surface area contributed by atoms with Gasteiger partial charge in [-0.25, -0.2) is 4.98 Å². The van der Waals surface area contributed by atoms with Crippen LogP contribution in [0.1, 0.15) is 20.8 Å². The van der Waals surface area contributed by atoms with Crippen LogP contribution in [0, 0.1) is 0 Å². The van der Waals surface area contributed by atoms with E-state index in [1.807, 2.05) is 0 Å². The number of halogens is 2. The number of nitrogens with two attached hydrogens (primary N) is 1. The first-order valence-electron chi connectivity index (χ1n) is 7.07. The van der Waals surface area contributed by atoms with Crippen molar-refractivity contribution in [3.05, 3.63) is 75.2 Å². The Morgan fingerprint density at radius 2 is 1.72 bits per heavy atom. The Morgan fingerprint density at radius 1 is 1.04 bits per heavy atom. The van der Waals surface area contributed by atoms with E-state index in [4.69, 9.17) is 28.9 Å². The summed E-state index contributed by atoms with van der Waals surface area (Å²) in [4.78, 5) is 30.0. The van der Waals surface area contributed by atoms with E-state index >= 15 is 0 Å². The zero-order valence-corrected chi connectivity index (χ0v) is 15.0. The Bertz CT molecular complexity index is 941. The summed E-state index contributed by atoms with van der Waals surface area (Å²) in [5.74, 6) is -1.04. The van der Waals surface area contributed by atoms with Crippen LogP contribution in [0.3, 0.4) is 0 Å². The van der Waals surface area contributed by atoms with Crippen LogP contribution in [0.15, 0.2) is 53.9 Å². The van der Waals surface area contributed by atoms with Crippen molar-refractivity contribution in [3.63, 3.8) is 0 Å². The van der Waals surface area contributed by atoms with E-state index in [9.17, 15) is 9.59 Å². The Hall–Kier alpha value is -2.41. The second-order valence-electron chi connectivity index (χ2n) is 4.98. The van der Waals surface area contributed by atoms with Crippen LogP contribution in [-0.4, -0.2) is 16.8 Å². The van der Waals surface area contributed by atoms with Crippen molar-refractivity contribution >= 4 is 57.2 Å². The molecule has 3 aromatic rings. The Labute approximate surface area is 157 Å². The van der Waals surface area contributed by atoms with Gasteiger partial charge in [-0.3, -0.25) is 14.5 Å². The highest BCUT2D eigenvalue weighted by Crippen LogP contribution is 2.32. The molecular formula is C17H11Cl2N3O2S. The molecule has 0 unspecified atom stereocenters. The molecule has 1 heterocycles. The summed E-state index contributed by atoms with van der Waals surface area (Å²) in [5, 5.41) is 2.66. The predicted molar refractivity (Wildman–Crippen MR) is 100 cm³/mol. The highest BCUT2D eigenvalue weighted by Gasteiger charge is 2.25. The van der Waals surface area contributed by atoms with Crippen molar-refractivity contribution in [2.24, 2.45) is 5.73 Å². The second kappa shape index (κ2) is 7.23. The van der Waals surface area contributed by atoms with E-state index in [0.717, 1.165) is 11.3 Å². The number of anilines is 2. The first kappa shape index (κ1) is 17.4. The number of benzene rings is 2. The summed E-state index contributed by atoms with van der Waals surface area (Å²) >= 11 is 13.2. The maximum Gasteiger partial charge on any atom is 0.268 e. The van der Waals surface area contributed by atoms with Crippen molar-refractivity contribution in [1.29, 1.82) is 0 Å². The highest BCUT2D eigenvalue weighted by atomic mass is 35.5. The molecule has 0 spiro atoms. The third kappa shape index (κ3) is 3.66. The Balaban J connectivity index is 2.11. The quantitative estimate of drug-likeness (QED) is 0.709. The molecule has 8 heteroatoms. The lowest BCUT2D eigenvalue weighted by molar-refractivity contribution is 0.0986. The summed E-state index contributed by atoms with van der Waals surface area (Å²) in [5.41, 5.74) is 6.21. The van der Waals surface area contributed by atoms with Gasteiger partial charge in [0.1, 0.15) is 5.69 Å². The molecule has 0 bridgehead atoms. The molecule has 5 nitrogen and oxygen atoms in total. The first-order valence-corrected chi connectivity index (χ1v) is 8.71. The van der Waals surface area contributed by atoms with E-state index < -0.39 is 5.91 Å². The van der Waals surface area contributed by atoms with Crippen molar-refractivity contribution < 1.29 is 9.59 Å². The number of amides is 2. The van der Waals surface area contributed by atoms with E-state index in [2.05, 4.69) is 4.98 Å². The average Bonchev–Trinajstić information content (AvgIpc) is 3.07. The number of aromatic nitrogens is 1. The molecule has 1 aromatic heterocycles. The molecule has 2 aromatic carbocycles. The molecule has 0 aliphatic carbocycles. The SMILES string of the molecule is NC(=O)c1csc(N(C(=O)c2ccccc2Cl)c2ccc(Cl)cc2)n1. The summed E-state index contributed by atoms with van der Waals surface area (Å²) in [6, 6.07) is 13.4. The van der Waals surface area contributed by atoms with Crippen molar-refractivity contribution in [1.82, 2.24) is 4.98 Å². The van der Waals surface area contributed by atoms with Gasteiger partial charge in [-0.1, -0.05) is 35.3 Å². The lowest BCUT2D eigenvalue weighted by Gasteiger charge is -2.20. The van der Waals surface area contributed by atoms with Crippen molar-refractivity contribution in [2.75, 3.05) is 4.90 Å². The normalized spacial score (nSPS) is 10.5. The molecular weight excluding hydrogens is 381 g/mol. The highest BCUT2D eigenvalue weighted by molar-refractivity contribution is 7.14. The molecule has 3 rings (SSSR count). The maximum absolute atomic E-state index is 13.1. The fourth-order valence-corrected chi connectivity index (χ4v) is 3.31. The Kier molecular flexibility index (Phi) is 5.03. The minimum Gasteiger partial charge on any atom is -0.364 e. The molecule has 0 atom stereocenters. The summed E-state index contributed by atoms with van der Waals surface area (Å²) < 4.78 is 0. The van der Waals surface area contributed by atoms with E-state index in [0.29, 0.717) is 26.4 Å². The maximum atomic E-state index is 13.1. The van der Waals surface area contributed by atoms with Gasteiger partial charge in [-0.2, -0.15) is 0 Å². The summed E-state index contributed by atoms with van der Waals surface area (Å²) in [6.45, 7) is 0. The van der Waals surface area contributed by atoms with Gasteiger partial charge < -0.3 is 5.73 Å². The van der Waals surface area contributed by atoms with Gasteiger partial charge in [0.15, 0.2) is 5.13 Å². The lowest BCUT2D eigenvalue weighted by atomic mass is 10.2. The minimum atomic E-state index is -0.663. The number of rotatable bonds is 4. The summed E-state index contributed by atoms with van der Waals surface area (Å²) in [6.07, 6.45) is 0. The number of nitrogens with zero attached hydrogens (tertiary/aromatic N) is 2. The third-order valence-corrected chi connectivity index (χ3v) is 4.74. The van der Waals surface area contributed by atoms with Crippen LogP contribution in [0.25, 0.3) is 0 Å². The number of hydrogen-bond donors (Lipinski definition) is 1. The van der Waals surface area contributed by atoms with E-state index in [1.165, 1.54) is 10.3 Å². The molecule has 0 saturated heterocycles. The first-order chi connectivity index (χ1) is 12.0. The number of primary amides is 1. The van der Waals surface area contributed by atoms with Crippen LogP contribution in [-0.2, 0) is 0 Å². The minimum absolute atomic E-state index is 0.0888. The molecule has 2 amide bonds. The molecule has 0 fully saturated rings. The van der Waals surface area contributed by atoms with Gasteiger partial charge in [0.05, 0.1) is 16.3 Å². The third-order valence-electron chi connectivity index (χ3n) is 3.33. The van der Waals surface area contributed by atoms with Crippen molar-refractivity contribution in [3.8, 4) is 0 Å². The van der Waals surface area contributed by atoms with Gasteiger partial charge in [-0.05, 0) is 36.4 Å². The standard InChI is InChI=1S/C17H11Cl2N3O2S/c18-10-5-7-11(8-6-10)22(17-21-14(9-25-17)15(20)23)16(24)12-3-1-2-4-13(12)19/h1-9H,(H2,20,23). The van der Waals surface area contributed by atoms with Crippen LogP contribution in [0.2, 0.25) is 10.0 Å². The molecule has 2 N–H and O–H groups in total. The van der Waals surface area contributed by atoms with Crippen LogP contribution < -0.4 is 10.6 Å². The van der Waals surface area contributed by atoms with Gasteiger partial charge in [-0.15, -0.1) is 11.3 Å². The number of hydrogen-bond acceptors (Lipinski definition) is 4. The largest absolute Gasteiger partial charge is 0.364 e. The second-order valence-corrected chi connectivity index (χ2v) is 6.66. The molecule has 0 aliphatic heterocycles. The topological polar surface area (TPSA) is 76.3 Å². The van der Waals surface area contributed by atoms with Crippen LogP contribution in [0.4, 0.5) is 10.8 Å². The molecule has 126 valence electrons. The van der Waals surface area contributed by atoms with Gasteiger partial charge >= 0.3 is 0 Å².